The molecule has 1 aromatic heterocycles. The average Bonchev–Trinajstić information content (AvgIpc) is 2.08. The van der Waals surface area contributed by atoms with Crippen molar-refractivity contribution in [3.05, 3.63) is 30.6 Å². The van der Waals surface area contributed by atoms with E-state index in [2.05, 4.69) is 9.72 Å². The maximum absolute atomic E-state index is 9.82. The lowest BCUT2D eigenvalue weighted by atomic mass is 10.5. The van der Waals surface area contributed by atoms with Crippen LogP contribution in [0.15, 0.2) is 30.6 Å². The van der Waals surface area contributed by atoms with Crippen molar-refractivity contribution in [2.75, 3.05) is 6.61 Å². The van der Waals surface area contributed by atoms with Crippen molar-refractivity contribution in [3.63, 3.8) is 0 Å². The number of rotatable bonds is 1. The number of hydrogen-bond donors (Lipinski definition) is 0. The van der Waals surface area contributed by atoms with E-state index in [1.165, 1.54) is 6.92 Å². The summed E-state index contributed by atoms with van der Waals surface area (Å²) in [6.07, 6.45) is 3.50. The highest BCUT2D eigenvalue weighted by molar-refractivity contribution is 5.85. The van der Waals surface area contributed by atoms with Gasteiger partial charge in [0.1, 0.15) is 0 Å². The number of ether oxygens (including phenoxy) is 1. The highest BCUT2D eigenvalue weighted by Crippen LogP contribution is 1.73. The summed E-state index contributed by atoms with van der Waals surface area (Å²) in [6.45, 7) is 3.65. The van der Waals surface area contributed by atoms with Gasteiger partial charge in [-0.25, -0.2) is 0 Å². The highest BCUT2D eigenvalue weighted by atomic mass is 35.5. The van der Waals surface area contributed by atoms with Gasteiger partial charge in [0, 0.05) is 19.3 Å². The third kappa shape index (κ3) is 17.3. The maximum atomic E-state index is 9.82. The lowest BCUT2D eigenvalue weighted by molar-refractivity contribution is -0.140. The van der Waals surface area contributed by atoms with E-state index in [0.717, 1.165) is 0 Å². The van der Waals surface area contributed by atoms with E-state index < -0.39 is 0 Å². The Morgan fingerprint density at radius 2 is 1.71 bits per heavy atom. The molecule has 0 unspecified atom stereocenters. The summed E-state index contributed by atoms with van der Waals surface area (Å²) < 4.78 is 4.40. The van der Waals surface area contributed by atoms with Gasteiger partial charge in [-0.2, -0.15) is 0 Å². The van der Waals surface area contributed by atoms with Crippen molar-refractivity contribution in [2.45, 2.75) is 13.8 Å². The summed E-state index contributed by atoms with van der Waals surface area (Å²) in [4.78, 5) is 13.6. The zero-order chi connectivity index (χ0) is 9.23. The number of carbonyl (C=O) groups is 1. The standard InChI is InChI=1S/C5H5N.C4H8O2.2ClH/c1-2-4-6-5-3-1;1-3-6-4(2)5;;/h1-5H;3H2,1-2H3;2*1H. The predicted octanol–water partition coefficient (Wildman–Crippen LogP) is 2.49. The van der Waals surface area contributed by atoms with E-state index in [-0.39, 0.29) is 30.8 Å². The second kappa shape index (κ2) is 14.7. The highest BCUT2D eigenvalue weighted by Gasteiger charge is 1.81. The minimum atomic E-state index is -0.211. The number of halogens is 2. The second-order valence-electron chi connectivity index (χ2n) is 1.95. The Hall–Kier alpha value is -0.800. The second-order valence-corrected chi connectivity index (χ2v) is 1.95. The SMILES string of the molecule is CCOC(C)=O.Cl.Cl.c1ccncc1. The molecule has 5 heteroatoms. The first kappa shape index (κ1) is 18.9. The van der Waals surface area contributed by atoms with Crippen molar-refractivity contribution in [2.24, 2.45) is 0 Å². The number of esters is 1. The van der Waals surface area contributed by atoms with E-state index in [1.54, 1.807) is 19.3 Å². The van der Waals surface area contributed by atoms with Crippen LogP contribution in [0.25, 0.3) is 0 Å². The Morgan fingerprint density at radius 3 is 1.79 bits per heavy atom. The van der Waals surface area contributed by atoms with Gasteiger partial charge in [0.15, 0.2) is 0 Å². The Balaban J connectivity index is -0.000000151. The topological polar surface area (TPSA) is 39.2 Å². The molecular formula is C9H15Cl2NO2. The molecule has 0 amide bonds. The van der Waals surface area contributed by atoms with Crippen LogP contribution in [0, 0.1) is 0 Å². The van der Waals surface area contributed by atoms with Crippen LogP contribution >= 0.6 is 24.8 Å². The molecule has 0 aliphatic heterocycles. The molecule has 0 saturated heterocycles. The summed E-state index contributed by atoms with van der Waals surface area (Å²) in [6, 6.07) is 5.72. The van der Waals surface area contributed by atoms with E-state index in [9.17, 15) is 4.79 Å². The van der Waals surface area contributed by atoms with Gasteiger partial charge in [-0.15, -0.1) is 24.8 Å². The summed E-state index contributed by atoms with van der Waals surface area (Å²) >= 11 is 0. The number of aromatic nitrogens is 1. The smallest absolute Gasteiger partial charge is 0.302 e. The fourth-order valence-electron chi connectivity index (χ4n) is 0.516. The molecule has 0 radical (unpaired) electrons. The van der Waals surface area contributed by atoms with Gasteiger partial charge >= 0.3 is 5.97 Å². The lowest BCUT2D eigenvalue weighted by Gasteiger charge is -1.89. The van der Waals surface area contributed by atoms with E-state index in [4.69, 9.17) is 0 Å². The Bertz CT molecular complexity index is 181. The van der Waals surface area contributed by atoms with Gasteiger partial charge in [0.2, 0.25) is 0 Å². The number of nitrogens with zero attached hydrogens (tertiary/aromatic N) is 1. The number of carbonyl (C=O) groups excluding carboxylic acids is 1. The number of hydrogen-bond acceptors (Lipinski definition) is 3. The summed E-state index contributed by atoms with van der Waals surface area (Å²) in [5, 5.41) is 0. The van der Waals surface area contributed by atoms with Crippen LogP contribution < -0.4 is 0 Å². The maximum Gasteiger partial charge on any atom is 0.302 e. The molecule has 0 saturated carbocycles. The molecule has 3 nitrogen and oxygen atoms in total. The Kier molecular flexibility index (Phi) is 19.8. The van der Waals surface area contributed by atoms with Crippen molar-refractivity contribution in [1.82, 2.24) is 4.98 Å². The summed E-state index contributed by atoms with van der Waals surface area (Å²) in [7, 11) is 0. The zero-order valence-electron chi connectivity index (χ0n) is 8.17. The zero-order valence-corrected chi connectivity index (χ0v) is 9.81. The molecule has 0 aliphatic rings. The van der Waals surface area contributed by atoms with Crippen LogP contribution in [0.3, 0.4) is 0 Å². The summed E-state index contributed by atoms with van der Waals surface area (Å²) in [5.41, 5.74) is 0. The number of pyridine rings is 1. The first-order valence-corrected chi connectivity index (χ1v) is 3.75. The van der Waals surface area contributed by atoms with Crippen molar-refractivity contribution >= 4 is 30.8 Å². The van der Waals surface area contributed by atoms with Crippen LogP contribution in [0.1, 0.15) is 13.8 Å². The van der Waals surface area contributed by atoms with Crippen LogP contribution in [0.2, 0.25) is 0 Å². The van der Waals surface area contributed by atoms with Gasteiger partial charge < -0.3 is 4.74 Å². The summed E-state index contributed by atoms with van der Waals surface area (Å²) in [5.74, 6) is -0.211. The van der Waals surface area contributed by atoms with Gasteiger partial charge in [0.05, 0.1) is 6.61 Å². The van der Waals surface area contributed by atoms with Gasteiger partial charge in [-0.05, 0) is 19.1 Å². The van der Waals surface area contributed by atoms with E-state index in [0.29, 0.717) is 6.61 Å². The molecular weight excluding hydrogens is 225 g/mol. The molecule has 1 heterocycles. The molecule has 0 aliphatic carbocycles. The molecule has 0 N–H and O–H groups in total. The van der Waals surface area contributed by atoms with Crippen molar-refractivity contribution in [3.8, 4) is 0 Å². The van der Waals surface area contributed by atoms with Gasteiger partial charge in [-0.1, -0.05) is 6.07 Å². The van der Waals surface area contributed by atoms with E-state index in [1.807, 2.05) is 18.2 Å². The molecule has 0 atom stereocenters. The van der Waals surface area contributed by atoms with Crippen LogP contribution in [0.5, 0.6) is 0 Å². The largest absolute Gasteiger partial charge is 0.466 e. The third-order valence-electron chi connectivity index (χ3n) is 0.914. The Labute approximate surface area is 96.7 Å². The van der Waals surface area contributed by atoms with Gasteiger partial charge in [-0.3, -0.25) is 9.78 Å². The molecule has 0 aromatic carbocycles. The van der Waals surface area contributed by atoms with Crippen LogP contribution in [-0.4, -0.2) is 17.6 Å². The van der Waals surface area contributed by atoms with E-state index >= 15 is 0 Å². The quantitative estimate of drug-likeness (QED) is 0.708. The lowest BCUT2D eigenvalue weighted by Crippen LogP contribution is -1.95. The Morgan fingerprint density at radius 1 is 1.21 bits per heavy atom. The minimum Gasteiger partial charge on any atom is -0.466 e. The van der Waals surface area contributed by atoms with Gasteiger partial charge in [0.25, 0.3) is 0 Å². The third-order valence-corrected chi connectivity index (χ3v) is 0.914. The minimum absolute atomic E-state index is 0. The molecule has 1 rings (SSSR count). The fourth-order valence-corrected chi connectivity index (χ4v) is 0.516. The first-order chi connectivity index (χ1) is 5.77. The monoisotopic (exact) mass is 239 g/mol. The predicted molar refractivity (Wildman–Crippen MR) is 61.0 cm³/mol. The average molecular weight is 240 g/mol. The van der Waals surface area contributed by atoms with Crippen LogP contribution in [0.4, 0.5) is 0 Å². The first-order valence-electron chi connectivity index (χ1n) is 3.75. The molecule has 0 fully saturated rings. The normalized spacial score (nSPS) is 6.71. The fraction of sp³-hybridized carbons (Fsp3) is 0.333. The van der Waals surface area contributed by atoms with Crippen molar-refractivity contribution in [1.29, 1.82) is 0 Å². The van der Waals surface area contributed by atoms with Crippen molar-refractivity contribution < 1.29 is 9.53 Å². The molecule has 14 heavy (non-hydrogen) atoms. The van der Waals surface area contributed by atoms with Crippen LogP contribution in [-0.2, 0) is 9.53 Å². The molecule has 1 aromatic rings. The molecule has 0 spiro atoms. The molecule has 82 valence electrons. The molecule has 0 bridgehead atoms.